The molecule has 1 aromatic carbocycles. The van der Waals surface area contributed by atoms with E-state index in [1.807, 2.05) is 0 Å². The summed E-state index contributed by atoms with van der Waals surface area (Å²) in [5.74, 6) is 2.02. The molecule has 1 aliphatic rings. The third kappa shape index (κ3) is 1.99. The zero-order valence-electron chi connectivity index (χ0n) is 10.5. The van der Waals surface area contributed by atoms with Crippen LogP contribution in [0.2, 0.25) is 0 Å². The van der Waals surface area contributed by atoms with Crippen molar-refractivity contribution in [2.75, 3.05) is 0 Å². The molecule has 2 heteroatoms. The average molecular weight is 226 g/mol. The Morgan fingerprint density at radius 1 is 1.24 bits per heavy atom. The minimum atomic E-state index is 0.774. The van der Waals surface area contributed by atoms with Crippen LogP contribution >= 0.6 is 0 Å². The maximum absolute atomic E-state index is 4.76. The molecule has 1 aromatic heterocycles. The van der Waals surface area contributed by atoms with Crippen molar-refractivity contribution in [2.45, 2.75) is 33.2 Å². The normalized spacial score (nSPS) is 19.1. The van der Waals surface area contributed by atoms with Gasteiger partial charge in [0.15, 0.2) is 0 Å². The van der Waals surface area contributed by atoms with E-state index in [0.717, 1.165) is 24.6 Å². The van der Waals surface area contributed by atoms with Gasteiger partial charge >= 0.3 is 0 Å². The smallest absolute Gasteiger partial charge is 0.109 e. The minimum Gasteiger partial charge on any atom is -0.334 e. The number of imidazole rings is 1. The number of hydrogen-bond acceptors (Lipinski definition) is 1. The summed E-state index contributed by atoms with van der Waals surface area (Å²) in [5.41, 5.74) is 3.64. The molecular formula is C15H18N2. The monoisotopic (exact) mass is 226 g/mol. The van der Waals surface area contributed by atoms with Crippen molar-refractivity contribution in [2.24, 2.45) is 5.92 Å². The summed E-state index contributed by atoms with van der Waals surface area (Å²) in [6, 6.07) is 8.62. The summed E-state index contributed by atoms with van der Waals surface area (Å²) in [6.07, 6.45) is 4.59. The molecule has 0 saturated carbocycles. The molecule has 0 radical (unpaired) electrons. The summed E-state index contributed by atoms with van der Waals surface area (Å²) in [6.45, 7) is 5.54. The van der Waals surface area contributed by atoms with Crippen molar-refractivity contribution in [1.29, 1.82) is 0 Å². The van der Waals surface area contributed by atoms with Gasteiger partial charge in [-0.15, -0.1) is 0 Å². The minimum absolute atomic E-state index is 0.774. The number of aryl methyl sites for hydroxylation is 2. The van der Waals surface area contributed by atoms with Gasteiger partial charge in [-0.1, -0.05) is 36.8 Å². The highest BCUT2D eigenvalue weighted by atomic mass is 15.1. The third-order valence-corrected chi connectivity index (χ3v) is 3.60. The molecule has 0 spiro atoms. The molecule has 0 N–H and O–H groups in total. The molecule has 0 aliphatic carbocycles. The van der Waals surface area contributed by atoms with E-state index in [1.54, 1.807) is 0 Å². The fraction of sp³-hybridized carbons (Fsp3) is 0.400. The Kier molecular flexibility index (Phi) is 2.50. The quantitative estimate of drug-likeness (QED) is 0.728. The summed E-state index contributed by atoms with van der Waals surface area (Å²) in [4.78, 5) is 4.76. The van der Waals surface area contributed by atoms with Crippen LogP contribution in [0.5, 0.6) is 0 Å². The van der Waals surface area contributed by atoms with E-state index in [9.17, 15) is 0 Å². The summed E-state index contributed by atoms with van der Waals surface area (Å²) < 4.78 is 2.31. The third-order valence-electron chi connectivity index (χ3n) is 3.60. The van der Waals surface area contributed by atoms with E-state index < -0.39 is 0 Å². The van der Waals surface area contributed by atoms with Gasteiger partial charge in [-0.2, -0.15) is 0 Å². The van der Waals surface area contributed by atoms with Gasteiger partial charge in [0.25, 0.3) is 0 Å². The number of rotatable bonds is 1. The summed E-state index contributed by atoms with van der Waals surface area (Å²) in [5, 5.41) is 0. The first-order valence-electron chi connectivity index (χ1n) is 6.35. The van der Waals surface area contributed by atoms with Crippen LogP contribution in [0.1, 0.15) is 24.7 Å². The van der Waals surface area contributed by atoms with Gasteiger partial charge in [0.1, 0.15) is 5.82 Å². The number of benzene rings is 1. The molecule has 0 amide bonds. The molecule has 2 aromatic rings. The van der Waals surface area contributed by atoms with E-state index in [0.29, 0.717) is 0 Å². The highest BCUT2D eigenvalue weighted by Crippen LogP contribution is 2.24. The van der Waals surface area contributed by atoms with E-state index in [4.69, 9.17) is 4.98 Å². The second-order valence-electron chi connectivity index (χ2n) is 5.20. The summed E-state index contributed by atoms with van der Waals surface area (Å²) >= 11 is 0. The Labute approximate surface area is 102 Å². The topological polar surface area (TPSA) is 17.8 Å². The average Bonchev–Trinajstić information content (AvgIpc) is 2.72. The predicted molar refractivity (Wildman–Crippen MR) is 69.9 cm³/mol. The van der Waals surface area contributed by atoms with Crippen molar-refractivity contribution < 1.29 is 0 Å². The Balaban J connectivity index is 1.97. The van der Waals surface area contributed by atoms with Crippen molar-refractivity contribution in [3.63, 3.8) is 0 Å². The lowest BCUT2D eigenvalue weighted by Gasteiger charge is -2.18. The Hall–Kier alpha value is -1.57. The largest absolute Gasteiger partial charge is 0.334 e. The van der Waals surface area contributed by atoms with E-state index in [2.05, 4.69) is 48.9 Å². The standard InChI is InChI=1S/C15H18N2/c1-11-3-5-13(6-4-11)14-10-17-8-7-12(2)9-15(17)16-14/h3-6,10,12H,7-9H2,1-2H3/t12-/m1/s1. The van der Waals surface area contributed by atoms with Crippen molar-refractivity contribution in [3.8, 4) is 11.3 Å². The Morgan fingerprint density at radius 3 is 2.76 bits per heavy atom. The van der Waals surface area contributed by atoms with Gasteiger partial charge in [0.05, 0.1) is 5.69 Å². The molecule has 0 bridgehead atoms. The van der Waals surface area contributed by atoms with Crippen LogP contribution in [0.4, 0.5) is 0 Å². The molecule has 88 valence electrons. The fourth-order valence-corrected chi connectivity index (χ4v) is 2.45. The SMILES string of the molecule is Cc1ccc(-c2cn3c(n2)C[C@H](C)CC3)cc1. The second kappa shape index (κ2) is 4.02. The zero-order chi connectivity index (χ0) is 11.8. The van der Waals surface area contributed by atoms with Gasteiger partial charge < -0.3 is 4.57 Å². The second-order valence-corrected chi connectivity index (χ2v) is 5.20. The molecule has 2 heterocycles. The van der Waals surface area contributed by atoms with E-state index >= 15 is 0 Å². The van der Waals surface area contributed by atoms with Gasteiger partial charge in [0.2, 0.25) is 0 Å². The maximum atomic E-state index is 4.76. The first kappa shape index (κ1) is 10.6. The van der Waals surface area contributed by atoms with E-state index in [-0.39, 0.29) is 0 Å². The van der Waals surface area contributed by atoms with Crippen molar-refractivity contribution in [3.05, 3.63) is 41.9 Å². The number of nitrogens with zero attached hydrogens (tertiary/aromatic N) is 2. The first-order chi connectivity index (χ1) is 8.22. The fourth-order valence-electron chi connectivity index (χ4n) is 2.45. The van der Waals surface area contributed by atoms with Crippen molar-refractivity contribution in [1.82, 2.24) is 9.55 Å². The molecule has 0 fully saturated rings. The van der Waals surface area contributed by atoms with Gasteiger partial charge in [-0.05, 0) is 19.3 Å². The lowest BCUT2D eigenvalue weighted by Crippen LogP contribution is -2.16. The van der Waals surface area contributed by atoms with Gasteiger partial charge in [-0.25, -0.2) is 4.98 Å². The zero-order valence-corrected chi connectivity index (χ0v) is 10.5. The molecule has 0 unspecified atom stereocenters. The van der Waals surface area contributed by atoms with Gasteiger partial charge in [-0.3, -0.25) is 0 Å². The lowest BCUT2D eigenvalue weighted by atomic mass is 10.0. The van der Waals surface area contributed by atoms with Crippen LogP contribution in [0.3, 0.4) is 0 Å². The van der Waals surface area contributed by atoms with Crippen LogP contribution in [0.15, 0.2) is 30.5 Å². The maximum Gasteiger partial charge on any atom is 0.109 e. The first-order valence-corrected chi connectivity index (χ1v) is 6.35. The molecule has 1 aliphatic heterocycles. The van der Waals surface area contributed by atoms with Crippen LogP contribution in [-0.4, -0.2) is 9.55 Å². The Morgan fingerprint density at radius 2 is 2.00 bits per heavy atom. The van der Waals surface area contributed by atoms with E-state index in [1.165, 1.54) is 23.4 Å². The summed E-state index contributed by atoms with van der Waals surface area (Å²) in [7, 11) is 0. The number of fused-ring (bicyclic) bond motifs is 1. The lowest BCUT2D eigenvalue weighted by molar-refractivity contribution is 0.409. The number of aromatic nitrogens is 2. The molecular weight excluding hydrogens is 208 g/mol. The Bertz CT molecular complexity index is 522. The van der Waals surface area contributed by atoms with Crippen LogP contribution in [0.25, 0.3) is 11.3 Å². The van der Waals surface area contributed by atoms with Gasteiger partial charge in [0, 0.05) is 24.7 Å². The van der Waals surface area contributed by atoms with Crippen LogP contribution < -0.4 is 0 Å². The molecule has 0 saturated heterocycles. The van der Waals surface area contributed by atoms with Crippen LogP contribution in [0, 0.1) is 12.8 Å². The number of hydrogen-bond donors (Lipinski definition) is 0. The molecule has 1 atom stereocenters. The highest BCUT2D eigenvalue weighted by Gasteiger charge is 2.17. The molecule has 2 nitrogen and oxygen atoms in total. The van der Waals surface area contributed by atoms with Crippen LogP contribution in [-0.2, 0) is 13.0 Å². The predicted octanol–water partition coefficient (Wildman–Crippen LogP) is 3.44. The molecule has 3 rings (SSSR count). The molecule has 17 heavy (non-hydrogen) atoms. The highest BCUT2D eigenvalue weighted by molar-refractivity contribution is 5.59. The van der Waals surface area contributed by atoms with Crippen molar-refractivity contribution >= 4 is 0 Å².